The molecule has 1 unspecified atom stereocenters. The first-order chi connectivity index (χ1) is 12.6. The molecule has 6 nitrogen and oxygen atoms in total. The van der Waals surface area contributed by atoms with Gasteiger partial charge < -0.3 is 10.1 Å². The van der Waals surface area contributed by atoms with Gasteiger partial charge in [0.25, 0.3) is 5.56 Å². The summed E-state index contributed by atoms with van der Waals surface area (Å²) >= 11 is 2.85. The Bertz CT molecular complexity index is 840. The van der Waals surface area contributed by atoms with Crippen LogP contribution < -0.4 is 10.9 Å². The first-order valence-corrected chi connectivity index (χ1v) is 10.2. The van der Waals surface area contributed by atoms with Crippen LogP contribution in [0.5, 0.6) is 0 Å². The van der Waals surface area contributed by atoms with Crippen LogP contribution in [0, 0.1) is 0 Å². The number of amides is 1. The van der Waals surface area contributed by atoms with Gasteiger partial charge in [-0.05, 0) is 12.1 Å². The number of aromatic nitrogens is 2. The van der Waals surface area contributed by atoms with Crippen LogP contribution >= 0.6 is 23.5 Å². The fourth-order valence-electron chi connectivity index (χ4n) is 2.68. The maximum Gasteiger partial charge on any atom is 0.272 e. The van der Waals surface area contributed by atoms with E-state index in [1.54, 1.807) is 23.4 Å². The number of fused-ring (bicyclic) bond motifs is 1. The topological polar surface area (TPSA) is 73.2 Å². The fraction of sp³-hybridized carbons (Fsp3) is 0.389. The third kappa shape index (κ3) is 4.31. The van der Waals surface area contributed by atoms with Crippen LogP contribution in [0.3, 0.4) is 0 Å². The van der Waals surface area contributed by atoms with Crippen molar-refractivity contribution in [3.05, 3.63) is 46.4 Å². The predicted octanol–water partition coefficient (Wildman–Crippen LogP) is 2.12. The van der Waals surface area contributed by atoms with Gasteiger partial charge in [0.2, 0.25) is 5.91 Å². The summed E-state index contributed by atoms with van der Waals surface area (Å²) in [5.41, 5.74) is 1.54. The van der Waals surface area contributed by atoms with E-state index in [1.807, 2.05) is 30.3 Å². The number of nitrogens with zero attached hydrogens (tertiary/aromatic N) is 2. The summed E-state index contributed by atoms with van der Waals surface area (Å²) in [6.07, 6.45) is 0.776. The number of thioether (sulfide) groups is 2. The lowest BCUT2D eigenvalue weighted by Gasteiger charge is -2.13. The molecule has 0 radical (unpaired) electrons. The van der Waals surface area contributed by atoms with Crippen molar-refractivity contribution in [1.82, 2.24) is 14.9 Å². The molecule has 3 rings (SSSR count). The fourth-order valence-corrected chi connectivity index (χ4v) is 4.63. The molecule has 1 aliphatic heterocycles. The average Bonchev–Trinajstić information content (AvgIpc) is 3.02. The third-order valence-electron chi connectivity index (χ3n) is 3.86. The number of nitrogens with one attached hydrogen (secondary N) is 1. The van der Waals surface area contributed by atoms with Crippen LogP contribution in [0.25, 0.3) is 5.69 Å². The Morgan fingerprint density at radius 1 is 1.42 bits per heavy atom. The number of benzene rings is 1. The highest BCUT2D eigenvalue weighted by molar-refractivity contribution is 8.00. The Labute approximate surface area is 160 Å². The van der Waals surface area contributed by atoms with Crippen molar-refractivity contribution < 1.29 is 9.53 Å². The molecule has 1 aromatic carbocycles. The highest BCUT2D eigenvalue weighted by Gasteiger charge is 2.27. The molecule has 1 amide bonds. The van der Waals surface area contributed by atoms with Crippen LogP contribution in [0.15, 0.2) is 45.2 Å². The second kappa shape index (κ2) is 8.75. The lowest BCUT2D eigenvalue weighted by atomic mass is 10.2. The van der Waals surface area contributed by atoms with E-state index in [0.717, 1.165) is 22.7 Å². The van der Waals surface area contributed by atoms with Crippen molar-refractivity contribution in [2.24, 2.45) is 0 Å². The van der Waals surface area contributed by atoms with Crippen LogP contribution in [-0.2, 0) is 16.0 Å². The number of hydrogen-bond donors (Lipinski definition) is 1. The first-order valence-electron chi connectivity index (χ1n) is 8.36. The second-order valence-corrected chi connectivity index (χ2v) is 8.30. The zero-order valence-electron chi connectivity index (χ0n) is 14.7. The van der Waals surface area contributed by atoms with Gasteiger partial charge in [-0.15, -0.1) is 11.8 Å². The summed E-state index contributed by atoms with van der Waals surface area (Å²) in [5.74, 6) is 0.0916. The second-order valence-electron chi connectivity index (χ2n) is 5.91. The van der Waals surface area contributed by atoms with Crippen molar-refractivity contribution in [3.8, 4) is 5.69 Å². The molecule has 1 N–H and O–H groups in total. The summed E-state index contributed by atoms with van der Waals surface area (Å²) < 4.78 is 6.53. The van der Waals surface area contributed by atoms with Crippen molar-refractivity contribution >= 4 is 29.4 Å². The lowest BCUT2D eigenvalue weighted by Crippen LogP contribution is -2.29. The molecule has 0 bridgehead atoms. The quantitative estimate of drug-likeness (QED) is 0.443. The summed E-state index contributed by atoms with van der Waals surface area (Å²) in [6, 6.07) is 9.43. The molecular weight excluding hydrogens is 370 g/mol. The van der Waals surface area contributed by atoms with Crippen molar-refractivity contribution in [3.63, 3.8) is 0 Å². The van der Waals surface area contributed by atoms with E-state index >= 15 is 0 Å². The zero-order valence-corrected chi connectivity index (χ0v) is 16.4. The maximum absolute atomic E-state index is 13.1. The Morgan fingerprint density at radius 3 is 2.92 bits per heavy atom. The van der Waals surface area contributed by atoms with E-state index in [2.05, 4.69) is 12.2 Å². The van der Waals surface area contributed by atoms with Crippen molar-refractivity contribution in [1.29, 1.82) is 0 Å². The van der Waals surface area contributed by atoms with Crippen molar-refractivity contribution in [2.45, 2.75) is 28.6 Å². The van der Waals surface area contributed by atoms with E-state index in [9.17, 15) is 9.59 Å². The molecule has 0 saturated heterocycles. The molecule has 1 aliphatic rings. The monoisotopic (exact) mass is 391 g/mol. The number of carbonyl (C=O) groups is 1. The molecule has 0 saturated carbocycles. The van der Waals surface area contributed by atoms with Gasteiger partial charge in [-0.2, -0.15) is 0 Å². The summed E-state index contributed by atoms with van der Waals surface area (Å²) in [5, 5.41) is 3.68. The number of carbonyl (C=O) groups excluding carboxylic acids is 1. The molecule has 1 atom stereocenters. The molecule has 0 spiro atoms. The number of methoxy groups -OCH3 is 1. The average molecular weight is 392 g/mol. The standard InChI is InChI=1S/C18H21N3O3S2/c1-12-10-14-16(26-12)17(23)21(13-6-4-3-5-7-13)18(20-14)25-11-15(22)19-8-9-24-2/h3-7,12H,8-11H2,1-2H3,(H,19,22). The Balaban J connectivity index is 1.89. The predicted molar refractivity (Wildman–Crippen MR) is 104 cm³/mol. The molecular formula is C18H21N3O3S2. The first kappa shape index (κ1) is 19.0. The molecule has 0 fully saturated rings. The van der Waals surface area contributed by atoms with Gasteiger partial charge in [-0.25, -0.2) is 4.98 Å². The van der Waals surface area contributed by atoms with Crippen molar-refractivity contribution in [2.75, 3.05) is 26.0 Å². The Kier molecular flexibility index (Phi) is 6.39. The maximum atomic E-state index is 13.1. The molecule has 26 heavy (non-hydrogen) atoms. The summed E-state index contributed by atoms with van der Waals surface area (Å²) in [7, 11) is 1.59. The number of para-hydroxylation sites is 1. The molecule has 2 aromatic rings. The van der Waals surface area contributed by atoms with E-state index in [1.165, 1.54) is 11.8 Å². The minimum Gasteiger partial charge on any atom is -0.383 e. The Morgan fingerprint density at radius 2 is 2.19 bits per heavy atom. The minimum atomic E-state index is -0.107. The van der Waals surface area contributed by atoms with Gasteiger partial charge >= 0.3 is 0 Å². The van der Waals surface area contributed by atoms with E-state index in [4.69, 9.17) is 9.72 Å². The molecule has 1 aromatic heterocycles. The van der Waals surface area contributed by atoms with Crippen LogP contribution in [0.1, 0.15) is 12.6 Å². The summed E-state index contributed by atoms with van der Waals surface area (Å²) in [4.78, 5) is 30.5. The highest BCUT2D eigenvalue weighted by Crippen LogP contribution is 2.34. The largest absolute Gasteiger partial charge is 0.383 e. The summed E-state index contributed by atoms with van der Waals surface area (Å²) in [6.45, 7) is 3.03. The van der Waals surface area contributed by atoms with E-state index in [-0.39, 0.29) is 17.2 Å². The van der Waals surface area contributed by atoms with Gasteiger partial charge in [0, 0.05) is 25.3 Å². The number of rotatable bonds is 7. The molecule has 0 aliphatic carbocycles. The van der Waals surface area contributed by atoms with Gasteiger partial charge in [0.05, 0.1) is 28.6 Å². The Hall–Kier alpha value is -1.77. The van der Waals surface area contributed by atoms with Crippen LogP contribution in [-0.4, -0.2) is 46.7 Å². The lowest BCUT2D eigenvalue weighted by molar-refractivity contribution is -0.118. The zero-order chi connectivity index (χ0) is 18.5. The van der Waals surface area contributed by atoms with Gasteiger partial charge in [-0.1, -0.05) is 36.9 Å². The third-order valence-corrected chi connectivity index (χ3v) is 6.01. The van der Waals surface area contributed by atoms with Crippen LogP contribution in [0.2, 0.25) is 0 Å². The van der Waals surface area contributed by atoms with Gasteiger partial charge in [0.1, 0.15) is 0 Å². The van der Waals surface area contributed by atoms with Gasteiger partial charge in [-0.3, -0.25) is 14.2 Å². The van der Waals surface area contributed by atoms with E-state index < -0.39 is 0 Å². The highest BCUT2D eigenvalue weighted by atomic mass is 32.2. The van der Waals surface area contributed by atoms with E-state index in [0.29, 0.717) is 23.6 Å². The molecule has 2 heterocycles. The number of ether oxygens (including phenoxy) is 1. The minimum absolute atomic E-state index is 0.0576. The molecule has 8 heteroatoms. The smallest absolute Gasteiger partial charge is 0.272 e. The van der Waals surface area contributed by atoms with Crippen LogP contribution in [0.4, 0.5) is 0 Å². The normalized spacial score (nSPS) is 15.7. The molecule has 138 valence electrons. The SMILES string of the molecule is COCCNC(=O)CSc1nc2c(c(=O)n1-c1ccccc1)SC(C)C2. The number of hydrogen-bond acceptors (Lipinski definition) is 6. The van der Waals surface area contributed by atoms with Gasteiger partial charge in [0.15, 0.2) is 5.16 Å².